The molecule has 1 heterocycles. The van der Waals surface area contributed by atoms with Crippen molar-refractivity contribution in [1.82, 2.24) is 10.3 Å². The summed E-state index contributed by atoms with van der Waals surface area (Å²) in [4.78, 5) is 30.1. The summed E-state index contributed by atoms with van der Waals surface area (Å²) < 4.78 is 5.20. The second-order valence-corrected chi connectivity index (χ2v) is 7.03. The van der Waals surface area contributed by atoms with Crippen molar-refractivity contribution in [2.75, 3.05) is 7.11 Å². The summed E-state index contributed by atoms with van der Waals surface area (Å²) in [6.45, 7) is 0.272. The second kappa shape index (κ2) is 8.41. The molecular formula is C24H20N2O5. The monoisotopic (exact) mass is 416 g/mol. The van der Waals surface area contributed by atoms with Crippen LogP contribution in [0, 0.1) is 0 Å². The number of ketones is 2. The van der Waals surface area contributed by atoms with Crippen LogP contribution in [0.25, 0.3) is 5.76 Å². The minimum Gasteiger partial charge on any atom is -0.507 e. The summed E-state index contributed by atoms with van der Waals surface area (Å²) in [6, 6.07) is 15.6. The zero-order chi connectivity index (χ0) is 22.0. The Morgan fingerprint density at radius 2 is 1.71 bits per heavy atom. The Hall–Kier alpha value is -3.97. The largest absolute Gasteiger partial charge is 0.507 e. The molecule has 1 unspecified atom stereocenters. The zero-order valence-corrected chi connectivity index (χ0v) is 16.7. The number of aromatic nitrogens is 1. The maximum Gasteiger partial charge on any atom is 0.235 e. The van der Waals surface area contributed by atoms with E-state index in [0.717, 1.165) is 0 Å². The number of aliphatic hydroxyl groups is 1. The first-order valence-corrected chi connectivity index (χ1v) is 9.63. The van der Waals surface area contributed by atoms with Crippen molar-refractivity contribution in [3.8, 4) is 11.5 Å². The van der Waals surface area contributed by atoms with Crippen LogP contribution in [0.2, 0.25) is 0 Å². The number of phenolic OH excluding ortho intramolecular Hbond substituents is 1. The lowest BCUT2D eigenvalue weighted by atomic mass is 9.83. The molecule has 7 heteroatoms. The van der Waals surface area contributed by atoms with Crippen molar-refractivity contribution in [2.45, 2.75) is 12.6 Å². The summed E-state index contributed by atoms with van der Waals surface area (Å²) in [7, 11) is 1.41. The van der Waals surface area contributed by atoms with E-state index in [2.05, 4.69) is 10.3 Å². The Kier molecular flexibility index (Phi) is 5.51. The van der Waals surface area contributed by atoms with Gasteiger partial charge in [0.25, 0.3) is 0 Å². The zero-order valence-electron chi connectivity index (χ0n) is 16.7. The van der Waals surface area contributed by atoms with Crippen molar-refractivity contribution < 1.29 is 24.5 Å². The Balaban J connectivity index is 1.84. The fourth-order valence-electron chi connectivity index (χ4n) is 3.62. The molecule has 0 amide bonds. The van der Waals surface area contributed by atoms with Crippen molar-refractivity contribution in [1.29, 1.82) is 0 Å². The highest BCUT2D eigenvalue weighted by Crippen LogP contribution is 2.37. The molecule has 1 aliphatic carbocycles. The fourth-order valence-corrected chi connectivity index (χ4v) is 3.62. The van der Waals surface area contributed by atoms with E-state index < -0.39 is 17.6 Å². The molecule has 0 radical (unpaired) electrons. The van der Waals surface area contributed by atoms with Crippen LogP contribution >= 0.6 is 0 Å². The number of carbonyl (C=O) groups is 2. The molecule has 0 saturated carbocycles. The smallest absolute Gasteiger partial charge is 0.235 e. The van der Waals surface area contributed by atoms with E-state index in [1.807, 2.05) is 12.1 Å². The normalized spacial score (nSPS) is 14.4. The molecule has 3 aromatic rings. The molecule has 3 N–H and O–H groups in total. The van der Waals surface area contributed by atoms with Crippen LogP contribution in [-0.4, -0.2) is 33.9 Å². The van der Waals surface area contributed by atoms with Crippen LogP contribution in [-0.2, 0) is 11.3 Å². The molecule has 0 bridgehead atoms. The van der Waals surface area contributed by atoms with Gasteiger partial charge in [0.05, 0.1) is 24.4 Å². The number of benzene rings is 2. The standard InChI is InChI=1S/C24H20N2O5/c1-31-19-12-14(9-10-18(19)27)21(26-13-15-6-4-5-11-25-15)20-22(28)16-7-2-3-8-17(16)23(29)24(20)30/h2-12,21,26-28H,13H2,1H3. The molecule has 31 heavy (non-hydrogen) atoms. The van der Waals surface area contributed by atoms with E-state index in [1.54, 1.807) is 42.6 Å². The van der Waals surface area contributed by atoms with Crippen molar-refractivity contribution in [2.24, 2.45) is 0 Å². The Labute approximate surface area is 178 Å². The minimum atomic E-state index is -0.846. The summed E-state index contributed by atoms with van der Waals surface area (Å²) in [5.41, 5.74) is 1.66. The fraction of sp³-hybridized carbons (Fsp3) is 0.125. The van der Waals surface area contributed by atoms with Gasteiger partial charge in [0.15, 0.2) is 11.5 Å². The number of nitrogens with zero attached hydrogens (tertiary/aromatic N) is 1. The SMILES string of the molecule is COc1cc(C(NCc2ccccn2)C2=C(O)c3ccccc3C(=O)C2=O)ccc1O. The minimum absolute atomic E-state index is 0.0626. The third-order valence-electron chi connectivity index (χ3n) is 5.17. The van der Waals surface area contributed by atoms with E-state index in [4.69, 9.17) is 4.74 Å². The Morgan fingerprint density at radius 1 is 0.968 bits per heavy atom. The number of rotatable bonds is 6. The van der Waals surface area contributed by atoms with Crippen molar-refractivity contribution in [3.05, 3.63) is 94.8 Å². The number of methoxy groups -OCH3 is 1. The van der Waals surface area contributed by atoms with Gasteiger partial charge in [-0.2, -0.15) is 0 Å². The van der Waals surface area contributed by atoms with Gasteiger partial charge in [0.1, 0.15) is 5.76 Å². The van der Waals surface area contributed by atoms with E-state index in [9.17, 15) is 19.8 Å². The first-order valence-electron chi connectivity index (χ1n) is 9.63. The van der Waals surface area contributed by atoms with E-state index in [-0.39, 0.29) is 34.9 Å². The number of phenols is 1. The topological polar surface area (TPSA) is 109 Å². The molecule has 1 aromatic heterocycles. The average Bonchev–Trinajstić information content (AvgIpc) is 2.81. The van der Waals surface area contributed by atoms with Gasteiger partial charge < -0.3 is 20.3 Å². The van der Waals surface area contributed by atoms with Crippen molar-refractivity contribution >= 4 is 17.3 Å². The molecule has 0 fully saturated rings. The molecule has 2 aromatic carbocycles. The quantitative estimate of drug-likeness (QED) is 0.529. The summed E-state index contributed by atoms with van der Waals surface area (Å²) in [5, 5.41) is 24.2. The highest BCUT2D eigenvalue weighted by molar-refractivity contribution is 6.52. The Bertz CT molecular complexity index is 1190. The van der Waals surface area contributed by atoms with Gasteiger partial charge >= 0.3 is 0 Å². The van der Waals surface area contributed by atoms with Gasteiger partial charge in [-0.05, 0) is 29.8 Å². The lowest BCUT2D eigenvalue weighted by Crippen LogP contribution is -2.33. The maximum atomic E-state index is 13.0. The predicted molar refractivity (Wildman–Crippen MR) is 114 cm³/mol. The third-order valence-corrected chi connectivity index (χ3v) is 5.17. The van der Waals surface area contributed by atoms with Gasteiger partial charge in [-0.25, -0.2) is 0 Å². The number of nitrogens with one attached hydrogen (secondary N) is 1. The van der Waals surface area contributed by atoms with Gasteiger partial charge in [-0.3, -0.25) is 14.6 Å². The van der Waals surface area contributed by atoms with Gasteiger partial charge in [-0.1, -0.05) is 36.4 Å². The Morgan fingerprint density at radius 3 is 2.42 bits per heavy atom. The molecule has 0 saturated heterocycles. The lowest BCUT2D eigenvalue weighted by molar-refractivity contribution is -0.112. The number of hydrogen-bond donors (Lipinski definition) is 3. The first kappa shape index (κ1) is 20.3. The van der Waals surface area contributed by atoms with Crippen LogP contribution in [0.4, 0.5) is 0 Å². The predicted octanol–water partition coefficient (Wildman–Crippen LogP) is 3.36. The average molecular weight is 416 g/mol. The molecule has 0 aliphatic heterocycles. The molecular weight excluding hydrogens is 396 g/mol. The number of Topliss-reactive ketones (excluding diaryl/α,β-unsaturated/α-hetero) is 2. The number of carbonyl (C=O) groups excluding carboxylic acids is 2. The van der Waals surface area contributed by atoms with E-state index >= 15 is 0 Å². The summed E-state index contributed by atoms with van der Waals surface area (Å²) in [5.74, 6) is -1.59. The molecule has 1 atom stereocenters. The van der Waals surface area contributed by atoms with Crippen LogP contribution in [0.15, 0.2) is 72.4 Å². The summed E-state index contributed by atoms with van der Waals surface area (Å²) >= 11 is 0. The van der Waals surface area contributed by atoms with Crippen LogP contribution in [0.1, 0.15) is 33.2 Å². The van der Waals surface area contributed by atoms with Crippen LogP contribution in [0.5, 0.6) is 11.5 Å². The highest BCUT2D eigenvalue weighted by atomic mass is 16.5. The number of aromatic hydroxyl groups is 1. The molecule has 156 valence electrons. The molecule has 7 nitrogen and oxygen atoms in total. The second-order valence-electron chi connectivity index (χ2n) is 7.03. The van der Waals surface area contributed by atoms with Crippen molar-refractivity contribution in [3.63, 3.8) is 0 Å². The maximum absolute atomic E-state index is 13.0. The summed E-state index contributed by atoms with van der Waals surface area (Å²) in [6.07, 6.45) is 1.65. The van der Waals surface area contributed by atoms with E-state index in [1.165, 1.54) is 19.2 Å². The van der Waals surface area contributed by atoms with Gasteiger partial charge in [0, 0.05) is 23.9 Å². The number of aliphatic hydroxyl groups excluding tert-OH is 1. The molecule has 0 spiro atoms. The van der Waals surface area contributed by atoms with Crippen LogP contribution < -0.4 is 10.1 Å². The number of fused-ring (bicyclic) bond motifs is 1. The number of hydrogen-bond acceptors (Lipinski definition) is 7. The number of pyridine rings is 1. The number of ether oxygens (including phenoxy) is 1. The van der Waals surface area contributed by atoms with Crippen LogP contribution in [0.3, 0.4) is 0 Å². The van der Waals surface area contributed by atoms with E-state index in [0.29, 0.717) is 16.8 Å². The lowest BCUT2D eigenvalue weighted by Gasteiger charge is -2.26. The molecule has 4 rings (SSSR count). The highest BCUT2D eigenvalue weighted by Gasteiger charge is 2.37. The third kappa shape index (κ3) is 3.78. The molecule has 1 aliphatic rings. The van der Waals surface area contributed by atoms with Gasteiger partial charge in [-0.15, -0.1) is 0 Å². The first-order chi connectivity index (χ1) is 15.0. The van der Waals surface area contributed by atoms with Gasteiger partial charge in [0.2, 0.25) is 11.6 Å².